The number of aryl methyl sites for hydroxylation is 1. The van der Waals surface area contributed by atoms with Gasteiger partial charge in [0.05, 0.1) is 7.11 Å². The van der Waals surface area contributed by atoms with Crippen LogP contribution in [0.25, 0.3) is 0 Å². The molecule has 0 amide bonds. The molecule has 2 nitrogen and oxygen atoms in total. The van der Waals surface area contributed by atoms with E-state index in [1.54, 1.807) is 7.11 Å². The standard InChI is InChI=1S/C10H17NO/c1-8-6-9(12-5)11(7-8)10(2,3)4/h6-7H,1-5H3. The van der Waals surface area contributed by atoms with Crippen molar-refractivity contribution in [1.82, 2.24) is 4.57 Å². The van der Waals surface area contributed by atoms with E-state index in [0.29, 0.717) is 0 Å². The van der Waals surface area contributed by atoms with E-state index in [1.165, 1.54) is 5.56 Å². The highest BCUT2D eigenvalue weighted by molar-refractivity contribution is 5.24. The molecule has 0 saturated heterocycles. The van der Waals surface area contributed by atoms with Crippen LogP contribution in [0.2, 0.25) is 0 Å². The summed E-state index contributed by atoms with van der Waals surface area (Å²) in [6.07, 6.45) is 2.11. The number of rotatable bonds is 1. The van der Waals surface area contributed by atoms with Crippen LogP contribution >= 0.6 is 0 Å². The van der Waals surface area contributed by atoms with Crippen LogP contribution in [0.4, 0.5) is 0 Å². The zero-order valence-electron chi connectivity index (χ0n) is 8.51. The summed E-state index contributed by atoms with van der Waals surface area (Å²) in [5, 5.41) is 0. The SMILES string of the molecule is COc1cc(C)cn1C(C)(C)C. The molecule has 0 saturated carbocycles. The molecular formula is C10H17NO. The van der Waals surface area contributed by atoms with Gasteiger partial charge in [0.2, 0.25) is 0 Å². The molecule has 0 N–H and O–H groups in total. The second-order valence-electron chi connectivity index (χ2n) is 4.10. The van der Waals surface area contributed by atoms with Crippen LogP contribution in [-0.2, 0) is 5.54 Å². The Balaban J connectivity index is 3.13. The van der Waals surface area contributed by atoms with Gasteiger partial charge in [0.25, 0.3) is 0 Å². The van der Waals surface area contributed by atoms with E-state index in [1.807, 2.05) is 6.07 Å². The van der Waals surface area contributed by atoms with Crippen LogP contribution in [0, 0.1) is 6.92 Å². The third-order valence-electron chi connectivity index (χ3n) is 1.85. The molecule has 0 atom stereocenters. The zero-order valence-corrected chi connectivity index (χ0v) is 8.51. The first-order valence-electron chi connectivity index (χ1n) is 4.18. The van der Waals surface area contributed by atoms with Gasteiger partial charge in [0, 0.05) is 17.8 Å². The summed E-state index contributed by atoms with van der Waals surface area (Å²) in [5.74, 6) is 0.931. The Morgan fingerprint density at radius 2 is 1.92 bits per heavy atom. The highest BCUT2D eigenvalue weighted by Gasteiger charge is 2.16. The fourth-order valence-electron chi connectivity index (χ4n) is 1.25. The van der Waals surface area contributed by atoms with Crippen molar-refractivity contribution >= 4 is 0 Å². The van der Waals surface area contributed by atoms with Crippen molar-refractivity contribution in [3.05, 3.63) is 17.8 Å². The Bertz CT molecular complexity index is 268. The van der Waals surface area contributed by atoms with Gasteiger partial charge in [-0.05, 0) is 33.3 Å². The second-order valence-corrected chi connectivity index (χ2v) is 4.10. The molecule has 0 aliphatic rings. The maximum atomic E-state index is 5.26. The predicted octanol–water partition coefficient (Wildman–Crippen LogP) is 2.56. The lowest BCUT2D eigenvalue weighted by atomic mass is 10.1. The molecule has 0 bridgehead atoms. The Labute approximate surface area is 74.2 Å². The average molecular weight is 167 g/mol. The Morgan fingerprint density at radius 1 is 1.33 bits per heavy atom. The number of methoxy groups -OCH3 is 1. The number of aromatic nitrogens is 1. The molecule has 1 heterocycles. The maximum absolute atomic E-state index is 5.26. The molecule has 12 heavy (non-hydrogen) atoms. The Hall–Kier alpha value is -0.920. The van der Waals surface area contributed by atoms with E-state index in [9.17, 15) is 0 Å². The van der Waals surface area contributed by atoms with E-state index < -0.39 is 0 Å². The molecule has 0 spiro atoms. The van der Waals surface area contributed by atoms with E-state index in [0.717, 1.165) is 5.88 Å². The smallest absolute Gasteiger partial charge is 0.193 e. The van der Waals surface area contributed by atoms with Crippen molar-refractivity contribution in [2.45, 2.75) is 33.2 Å². The monoisotopic (exact) mass is 167 g/mol. The summed E-state index contributed by atoms with van der Waals surface area (Å²) in [4.78, 5) is 0. The molecule has 1 aromatic rings. The summed E-state index contributed by atoms with van der Waals surface area (Å²) in [7, 11) is 1.71. The largest absolute Gasteiger partial charge is 0.482 e. The fourth-order valence-corrected chi connectivity index (χ4v) is 1.25. The van der Waals surface area contributed by atoms with Crippen LogP contribution in [0.1, 0.15) is 26.3 Å². The minimum Gasteiger partial charge on any atom is -0.482 e. The number of hydrogen-bond acceptors (Lipinski definition) is 1. The normalized spacial score (nSPS) is 11.8. The number of ether oxygens (including phenoxy) is 1. The van der Waals surface area contributed by atoms with Crippen LogP contribution in [-0.4, -0.2) is 11.7 Å². The van der Waals surface area contributed by atoms with E-state index in [2.05, 4.69) is 38.5 Å². The molecule has 0 fully saturated rings. The topological polar surface area (TPSA) is 14.2 Å². The van der Waals surface area contributed by atoms with Gasteiger partial charge in [-0.3, -0.25) is 0 Å². The lowest BCUT2D eigenvalue weighted by Crippen LogP contribution is -2.21. The van der Waals surface area contributed by atoms with Crippen molar-refractivity contribution in [1.29, 1.82) is 0 Å². The molecule has 1 rings (SSSR count). The number of nitrogens with zero attached hydrogens (tertiary/aromatic N) is 1. The van der Waals surface area contributed by atoms with Crippen molar-refractivity contribution in [3.63, 3.8) is 0 Å². The van der Waals surface area contributed by atoms with Gasteiger partial charge in [-0.15, -0.1) is 0 Å². The summed E-state index contributed by atoms with van der Waals surface area (Å²) in [5.41, 5.74) is 1.33. The molecule has 0 aromatic carbocycles. The Morgan fingerprint density at radius 3 is 2.25 bits per heavy atom. The van der Waals surface area contributed by atoms with Crippen LogP contribution < -0.4 is 4.74 Å². The highest BCUT2D eigenvalue weighted by atomic mass is 16.5. The minimum atomic E-state index is 0.0968. The first-order chi connectivity index (χ1) is 5.45. The number of hydrogen-bond donors (Lipinski definition) is 0. The summed E-state index contributed by atoms with van der Waals surface area (Å²) < 4.78 is 7.40. The highest BCUT2D eigenvalue weighted by Crippen LogP contribution is 2.24. The van der Waals surface area contributed by atoms with Gasteiger partial charge in [-0.25, -0.2) is 0 Å². The van der Waals surface area contributed by atoms with E-state index in [-0.39, 0.29) is 5.54 Å². The Kier molecular flexibility index (Phi) is 2.18. The average Bonchev–Trinajstić information content (AvgIpc) is 2.29. The molecule has 68 valence electrons. The second kappa shape index (κ2) is 2.85. The maximum Gasteiger partial charge on any atom is 0.193 e. The minimum absolute atomic E-state index is 0.0968. The predicted molar refractivity (Wildman–Crippen MR) is 50.7 cm³/mol. The molecule has 1 aromatic heterocycles. The zero-order chi connectivity index (χ0) is 9.35. The van der Waals surface area contributed by atoms with Crippen molar-refractivity contribution in [2.24, 2.45) is 0 Å². The van der Waals surface area contributed by atoms with Gasteiger partial charge in [-0.2, -0.15) is 0 Å². The van der Waals surface area contributed by atoms with Gasteiger partial charge in [0.1, 0.15) is 0 Å². The third-order valence-corrected chi connectivity index (χ3v) is 1.85. The molecule has 2 heteroatoms. The molecule has 0 radical (unpaired) electrons. The fraction of sp³-hybridized carbons (Fsp3) is 0.600. The van der Waals surface area contributed by atoms with Crippen LogP contribution in [0.3, 0.4) is 0 Å². The van der Waals surface area contributed by atoms with Crippen LogP contribution in [0.15, 0.2) is 12.3 Å². The summed E-state index contributed by atoms with van der Waals surface area (Å²) >= 11 is 0. The lowest BCUT2D eigenvalue weighted by Gasteiger charge is -2.23. The quantitative estimate of drug-likeness (QED) is 0.627. The van der Waals surface area contributed by atoms with E-state index in [4.69, 9.17) is 4.74 Å². The van der Waals surface area contributed by atoms with Crippen molar-refractivity contribution in [2.75, 3.05) is 7.11 Å². The van der Waals surface area contributed by atoms with Crippen molar-refractivity contribution in [3.8, 4) is 5.88 Å². The van der Waals surface area contributed by atoms with Gasteiger partial charge in [-0.1, -0.05) is 0 Å². The molecule has 0 aliphatic heterocycles. The summed E-state index contributed by atoms with van der Waals surface area (Å²) in [6.45, 7) is 8.56. The van der Waals surface area contributed by atoms with E-state index >= 15 is 0 Å². The third kappa shape index (κ3) is 1.63. The molecule has 0 unspecified atom stereocenters. The van der Waals surface area contributed by atoms with Gasteiger partial charge < -0.3 is 9.30 Å². The lowest BCUT2D eigenvalue weighted by molar-refractivity contribution is 0.309. The molecular weight excluding hydrogens is 150 g/mol. The summed E-state index contributed by atoms with van der Waals surface area (Å²) in [6, 6.07) is 2.05. The van der Waals surface area contributed by atoms with Crippen LogP contribution in [0.5, 0.6) is 5.88 Å². The molecule has 0 aliphatic carbocycles. The first-order valence-corrected chi connectivity index (χ1v) is 4.18. The van der Waals surface area contributed by atoms with Crippen molar-refractivity contribution < 1.29 is 4.74 Å². The van der Waals surface area contributed by atoms with Gasteiger partial charge in [0.15, 0.2) is 5.88 Å². The first kappa shape index (κ1) is 9.17. The van der Waals surface area contributed by atoms with Gasteiger partial charge >= 0.3 is 0 Å².